The van der Waals surface area contributed by atoms with Gasteiger partial charge in [0.2, 0.25) is 5.82 Å². The van der Waals surface area contributed by atoms with Gasteiger partial charge in [-0.3, -0.25) is 4.79 Å². The molecule has 3 rings (SSSR count). The number of aromatic nitrogens is 2. The Balaban J connectivity index is 1.79. The van der Waals surface area contributed by atoms with Gasteiger partial charge in [0.1, 0.15) is 5.54 Å². The van der Waals surface area contributed by atoms with Crippen LogP contribution in [0.1, 0.15) is 29.6 Å². The summed E-state index contributed by atoms with van der Waals surface area (Å²) in [6, 6.07) is 5.25. The summed E-state index contributed by atoms with van der Waals surface area (Å²) in [5.74, 6) is -5.32. The Morgan fingerprint density at radius 3 is 2.24 bits per heavy atom. The van der Waals surface area contributed by atoms with E-state index >= 15 is 0 Å². The van der Waals surface area contributed by atoms with Gasteiger partial charge in [0.25, 0.3) is 11.8 Å². The molecule has 0 N–H and O–H groups in total. The van der Waals surface area contributed by atoms with Crippen molar-refractivity contribution in [3.05, 3.63) is 35.7 Å². The summed E-state index contributed by atoms with van der Waals surface area (Å²) in [5.41, 5.74) is -1.21. The summed E-state index contributed by atoms with van der Waals surface area (Å²) >= 11 is 0. The van der Waals surface area contributed by atoms with Crippen LogP contribution in [0.25, 0.3) is 11.4 Å². The lowest BCUT2D eigenvalue weighted by Gasteiger charge is -2.25. The number of nitrogens with zero attached hydrogens (tertiary/aromatic N) is 3. The zero-order valence-electron chi connectivity index (χ0n) is 13.1. The number of hydrogen-bond acceptors (Lipinski definition) is 4. The molecule has 0 bridgehead atoms. The highest BCUT2D eigenvalue weighted by Gasteiger charge is 2.71. The van der Waals surface area contributed by atoms with Crippen molar-refractivity contribution in [3.63, 3.8) is 0 Å². The fourth-order valence-electron chi connectivity index (χ4n) is 2.39. The molecule has 0 saturated heterocycles. The van der Waals surface area contributed by atoms with Crippen LogP contribution >= 0.6 is 0 Å². The topological polar surface area (TPSA) is 59.2 Å². The van der Waals surface area contributed by atoms with Crippen molar-refractivity contribution in [2.45, 2.75) is 31.0 Å². The standard InChI is InChI=1S/C15H12F5N3O2/c1-13(7-14(13,16)17)23(2)11(24)9-5-3-8(4-6-9)10-21-12(25-22-10)15(18,19)20/h3-6H,7H2,1-2H3. The first-order valence-electron chi connectivity index (χ1n) is 7.13. The van der Waals surface area contributed by atoms with E-state index in [1.165, 1.54) is 38.2 Å². The van der Waals surface area contributed by atoms with Crippen molar-refractivity contribution in [2.24, 2.45) is 0 Å². The Bertz CT molecular complexity index is 815. The molecule has 1 atom stereocenters. The fraction of sp³-hybridized carbons (Fsp3) is 0.400. The van der Waals surface area contributed by atoms with Gasteiger partial charge in [-0.25, -0.2) is 8.78 Å². The number of amides is 1. The van der Waals surface area contributed by atoms with Gasteiger partial charge in [-0.05, 0) is 19.1 Å². The smallest absolute Gasteiger partial charge is 0.330 e. The summed E-state index contributed by atoms with van der Waals surface area (Å²) in [4.78, 5) is 16.5. The molecule has 0 aliphatic heterocycles. The van der Waals surface area contributed by atoms with E-state index < -0.39 is 35.9 Å². The molecule has 10 heteroatoms. The van der Waals surface area contributed by atoms with Crippen LogP contribution in [-0.4, -0.2) is 39.5 Å². The quantitative estimate of drug-likeness (QED) is 0.784. The van der Waals surface area contributed by atoms with E-state index in [0.29, 0.717) is 0 Å². The highest BCUT2D eigenvalue weighted by atomic mass is 19.4. The van der Waals surface area contributed by atoms with E-state index in [0.717, 1.165) is 4.90 Å². The predicted octanol–water partition coefficient (Wildman–Crippen LogP) is 3.63. The maximum Gasteiger partial charge on any atom is 0.471 e. The van der Waals surface area contributed by atoms with Gasteiger partial charge in [0.05, 0.1) is 0 Å². The minimum atomic E-state index is -4.76. The molecule has 1 amide bonds. The van der Waals surface area contributed by atoms with Crippen LogP contribution in [0, 0.1) is 0 Å². The largest absolute Gasteiger partial charge is 0.471 e. The molecule has 1 aromatic carbocycles. The number of halogens is 5. The second kappa shape index (κ2) is 5.24. The molecule has 1 aliphatic rings. The van der Waals surface area contributed by atoms with E-state index in [4.69, 9.17) is 0 Å². The molecule has 5 nitrogen and oxygen atoms in total. The van der Waals surface area contributed by atoms with Gasteiger partial charge >= 0.3 is 12.1 Å². The Hall–Kier alpha value is -2.52. The van der Waals surface area contributed by atoms with Crippen molar-refractivity contribution in [1.82, 2.24) is 15.0 Å². The molecule has 1 fully saturated rings. The second-order valence-corrected chi connectivity index (χ2v) is 6.02. The van der Waals surface area contributed by atoms with E-state index in [9.17, 15) is 26.7 Å². The van der Waals surface area contributed by atoms with Gasteiger partial charge in [0.15, 0.2) is 0 Å². The van der Waals surface area contributed by atoms with Crippen molar-refractivity contribution in [1.29, 1.82) is 0 Å². The molecule has 2 aromatic rings. The number of carbonyl (C=O) groups is 1. The average molecular weight is 361 g/mol. The molecule has 1 aliphatic carbocycles. The molecule has 1 heterocycles. The number of carbonyl (C=O) groups excluding carboxylic acids is 1. The third-order valence-electron chi connectivity index (χ3n) is 4.33. The van der Waals surface area contributed by atoms with E-state index in [1.54, 1.807) is 0 Å². The van der Waals surface area contributed by atoms with Crippen molar-refractivity contribution in [3.8, 4) is 11.4 Å². The molecule has 1 aromatic heterocycles. The summed E-state index contributed by atoms with van der Waals surface area (Å²) in [5, 5.41) is 3.23. The maximum atomic E-state index is 13.4. The average Bonchev–Trinajstić information content (AvgIpc) is 2.93. The number of rotatable bonds is 3. The van der Waals surface area contributed by atoms with Gasteiger partial charge in [-0.1, -0.05) is 17.3 Å². The normalized spacial score (nSPS) is 21.9. The Kier molecular flexibility index (Phi) is 3.63. The second-order valence-electron chi connectivity index (χ2n) is 6.02. The summed E-state index contributed by atoms with van der Waals surface area (Å²) in [6.07, 6.45) is -5.17. The molecule has 1 saturated carbocycles. The Morgan fingerprint density at radius 1 is 1.24 bits per heavy atom. The first kappa shape index (κ1) is 17.3. The van der Waals surface area contributed by atoms with E-state index in [-0.39, 0.29) is 17.0 Å². The molecule has 0 spiro atoms. The molecular weight excluding hydrogens is 349 g/mol. The van der Waals surface area contributed by atoms with Crippen LogP contribution in [0.3, 0.4) is 0 Å². The van der Waals surface area contributed by atoms with Crippen LogP contribution in [0.5, 0.6) is 0 Å². The fourth-order valence-corrected chi connectivity index (χ4v) is 2.39. The van der Waals surface area contributed by atoms with Crippen molar-refractivity contribution in [2.75, 3.05) is 7.05 Å². The highest BCUT2D eigenvalue weighted by Crippen LogP contribution is 2.56. The van der Waals surface area contributed by atoms with E-state index in [1.807, 2.05) is 0 Å². The van der Waals surface area contributed by atoms with Gasteiger partial charge in [0, 0.05) is 24.6 Å². The summed E-state index contributed by atoms with van der Waals surface area (Å²) < 4.78 is 68.2. The maximum absolute atomic E-state index is 13.4. The van der Waals surface area contributed by atoms with Crippen LogP contribution in [0.15, 0.2) is 28.8 Å². The van der Waals surface area contributed by atoms with Crippen molar-refractivity contribution < 1.29 is 31.3 Å². The van der Waals surface area contributed by atoms with Crippen LogP contribution < -0.4 is 0 Å². The van der Waals surface area contributed by atoms with Gasteiger partial charge in [-0.15, -0.1) is 0 Å². The monoisotopic (exact) mass is 361 g/mol. The van der Waals surface area contributed by atoms with Crippen molar-refractivity contribution >= 4 is 5.91 Å². The molecule has 0 radical (unpaired) electrons. The SMILES string of the molecule is CN(C(=O)c1ccc(-c2noc(C(F)(F)F)n2)cc1)C1(C)CC1(F)F. The predicted molar refractivity (Wildman–Crippen MR) is 74.8 cm³/mol. The molecular formula is C15H12F5N3O2. The molecule has 1 unspecified atom stereocenters. The zero-order valence-corrected chi connectivity index (χ0v) is 13.1. The third-order valence-corrected chi connectivity index (χ3v) is 4.33. The molecule has 134 valence electrons. The first-order chi connectivity index (χ1) is 11.5. The summed E-state index contributed by atoms with van der Waals surface area (Å²) in [7, 11) is 1.28. The lowest BCUT2D eigenvalue weighted by Crippen LogP contribution is -2.40. The number of hydrogen-bond donors (Lipinski definition) is 0. The van der Waals surface area contributed by atoms with Crippen LogP contribution in [0.4, 0.5) is 22.0 Å². The zero-order chi connectivity index (χ0) is 18.6. The van der Waals surface area contributed by atoms with Crippen LogP contribution in [-0.2, 0) is 6.18 Å². The lowest BCUT2D eigenvalue weighted by atomic mass is 10.1. The van der Waals surface area contributed by atoms with Gasteiger partial charge < -0.3 is 9.42 Å². The number of alkyl halides is 5. The molecule has 25 heavy (non-hydrogen) atoms. The highest BCUT2D eigenvalue weighted by molar-refractivity contribution is 5.95. The van der Waals surface area contributed by atoms with E-state index in [2.05, 4.69) is 14.7 Å². The Morgan fingerprint density at radius 2 is 1.80 bits per heavy atom. The third kappa shape index (κ3) is 2.85. The Labute approximate surface area is 138 Å². The van der Waals surface area contributed by atoms with Gasteiger partial charge in [-0.2, -0.15) is 18.2 Å². The minimum absolute atomic E-state index is 0.120. The summed E-state index contributed by atoms with van der Waals surface area (Å²) in [6.45, 7) is 1.29. The number of benzene rings is 1. The lowest BCUT2D eigenvalue weighted by molar-refractivity contribution is -0.159. The first-order valence-corrected chi connectivity index (χ1v) is 7.13. The van der Waals surface area contributed by atoms with Crippen LogP contribution in [0.2, 0.25) is 0 Å². The minimum Gasteiger partial charge on any atom is -0.330 e.